The van der Waals surface area contributed by atoms with E-state index in [2.05, 4.69) is 5.32 Å². The molecule has 1 amide bonds. The lowest BCUT2D eigenvalue weighted by molar-refractivity contribution is -0.251. The third-order valence-electron chi connectivity index (χ3n) is 5.78. The van der Waals surface area contributed by atoms with Crippen molar-refractivity contribution < 1.29 is 61.1 Å². The minimum atomic E-state index is -4.68. The number of rotatable bonds is 13. The average Bonchev–Trinajstić information content (AvgIpc) is 3.11. The first-order valence-corrected chi connectivity index (χ1v) is 13.8. The zero-order chi connectivity index (χ0) is 27.3. The summed E-state index contributed by atoms with van der Waals surface area (Å²) in [6, 6.07) is 0. The van der Waals surface area contributed by atoms with Crippen molar-refractivity contribution in [2.75, 3.05) is 27.4 Å². The van der Waals surface area contributed by atoms with Crippen LogP contribution in [0.25, 0.3) is 0 Å². The highest BCUT2D eigenvalue weighted by molar-refractivity contribution is 7.62. The predicted molar refractivity (Wildman–Crippen MR) is 122 cm³/mol. The van der Waals surface area contributed by atoms with Crippen molar-refractivity contribution >= 4 is 21.6 Å². The van der Waals surface area contributed by atoms with E-state index in [4.69, 9.17) is 43.3 Å². The molecule has 11 atom stereocenters. The Kier molecular flexibility index (Phi) is 11.5. The van der Waals surface area contributed by atoms with Gasteiger partial charge in [0.1, 0.15) is 18.3 Å². The maximum atomic E-state index is 13.1. The molecule has 0 aliphatic carbocycles. The monoisotopic (exact) mass is 563 g/mol. The van der Waals surface area contributed by atoms with Gasteiger partial charge in [-0.3, -0.25) is 22.9 Å². The molecule has 2 aliphatic rings. The highest BCUT2D eigenvalue weighted by atomic mass is 31.3. The summed E-state index contributed by atoms with van der Waals surface area (Å²) >= 11 is 0. The van der Waals surface area contributed by atoms with E-state index in [9.17, 15) is 29.2 Å². The third kappa shape index (κ3) is 7.77. The Labute approximate surface area is 208 Å². The number of ether oxygens (including phenoxy) is 2. The van der Waals surface area contributed by atoms with Gasteiger partial charge in [-0.2, -0.15) is 4.31 Å². The highest BCUT2D eigenvalue weighted by Gasteiger charge is 2.49. The number of carbonyl (C=O) groups is 1. The van der Waals surface area contributed by atoms with Crippen LogP contribution in [0.2, 0.25) is 0 Å². The molecule has 2 fully saturated rings. The lowest BCUT2D eigenvalue weighted by atomic mass is 9.92. The second kappa shape index (κ2) is 13.2. The fourth-order valence-corrected chi connectivity index (χ4v) is 6.32. The molecule has 2 heterocycles. The van der Waals surface area contributed by atoms with E-state index in [-0.39, 0.29) is 6.54 Å². The fourth-order valence-electron chi connectivity index (χ4n) is 3.45. The molecule has 4 unspecified atom stereocenters. The molecule has 0 aromatic rings. The maximum absolute atomic E-state index is 13.1. The van der Waals surface area contributed by atoms with Gasteiger partial charge in [-0.25, -0.2) is 9.13 Å². The Morgan fingerprint density at radius 3 is 2.19 bits per heavy atom. The molecule has 210 valence electrons. The Bertz CT molecular complexity index is 862. The lowest BCUT2D eigenvalue weighted by Gasteiger charge is -2.41. The van der Waals surface area contributed by atoms with Gasteiger partial charge >= 0.3 is 15.6 Å². The van der Waals surface area contributed by atoms with Crippen molar-refractivity contribution in [3.8, 4) is 0 Å². The molecule has 0 saturated carbocycles. The van der Waals surface area contributed by atoms with Crippen LogP contribution in [0.3, 0.4) is 0 Å². The fraction of sp³-hybridized carbons (Fsp3) is 0.833. The summed E-state index contributed by atoms with van der Waals surface area (Å²) in [7, 11) is -7.35. The number of primary amides is 1. The van der Waals surface area contributed by atoms with Gasteiger partial charge in [-0.15, -0.1) is 0 Å². The maximum Gasteiger partial charge on any atom is 0.485 e. The van der Waals surface area contributed by atoms with E-state index in [0.29, 0.717) is 0 Å². The average molecular weight is 563 g/mol. The predicted octanol–water partition coefficient (Wildman–Crippen LogP) is -1.10. The molecule has 2 rings (SSSR count). The molecule has 0 bridgehead atoms. The van der Waals surface area contributed by atoms with Gasteiger partial charge in [0.25, 0.3) is 0 Å². The summed E-state index contributed by atoms with van der Waals surface area (Å²) in [5, 5.41) is 33.2. The van der Waals surface area contributed by atoms with Crippen LogP contribution >= 0.6 is 15.6 Å². The third-order valence-corrected chi connectivity index (χ3v) is 9.21. The molecule has 0 aromatic carbocycles. The smallest absolute Gasteiger partial charge is 0.390 e. The largest absolute Gasteiger partial charge is 0.485 e. The Balaban J connectivity index is 2.04. The summed E-state index contributed by atoms with van der Waals surface area (Å²) in [6.45, 7) is 2.48. The minimum absolute atomic E-state index is 0.178. The van der Waals surface area contributed by atoms with Gasteiger partial charge in [0.05, 0.1) is 18.8 Å². The van der Waals surface area contributed by atoms with E-state index in [1.54, 1.807) is 6.92 Å². The van der Waals surface area contributed by atoms with E-state index >= 15 is 0 Å². The van der Waals surface area contributed by atoms with Gasteiger partial charge < -0.3 is 41.6 Å². The van der Waals surface area contributed by atoms with Crippen molar-refractivity contribution in [3.05, 3.63) is 12.3 Å². The lowest BCUT2D eigenvalue weighted by Crippen LogP contribution is -2.56. The van der Waals surface area contributed by atoms with Crippen LogP contribution in [0.15, 0.2) is 12.3 Å². The molecule has 8 N–H and O–H groups in total. The summed E-state index contributed by atoms with van der Waals surface area (Å²) in [6.07, 6.45) is -5.64. The standard InChI is InChI=1S/C18H35N3O13P2/c1-9-12(31-17(15(9)24)21-6-5-13(20)22)8-30-35(26,28-3)34-36(27,29-4)33-18-10(2)14(23)16(25)11(7-19)32-18/h5-6,9-12,14-18,21,23-25H,7-8,19H2,1-4H3,(H2,20,22)/b6-5-/t9?,10-,11?,12+,14?,15?,16+,17+,18+,35-,36+/m0/s1. The van der Waals surface area contributed by atoms with E-state index in [0.717, 1.165) is 20.3 Å². The van der Waals surface area contributed by atoms with Crippen LogP contribution in [0, 0.1) is 11.8 Å². The Hall–Kier alpha value is -0.970. The van der Waals surface area contributed by atoms with Crippen molar-refractivity contribution in [1.82, 2.24) is 5.32 Å². The summed E-state index contributed by atoms with van der Waals surface area (Å²) in [5.41, 5.74) is 10.5. The summed E-state index contributed by atoms with van der Waals surface area (Å²) < 4.78 is 62.4. The van der Waals surface area contributed by atoms with Crippen LogP contribution in [0.4, 0.5) is 0 Å². The number of hydrogen-bond donors (Lipinski definition) is 6. The molecule has 2 saturated heterocycles. The van der Waals surface area contributed by atoms with Crippen LogP contribution in [-0.4, -0.2) is 91.6 Å². The van der Waals surface area contributed by atoms with Gasteiger partial charge in [0, 0.05) is 44.9 Å². The van der Waals surface area contributed by atoms with E-state index < -0.39 is 83.0 Å². The van der Waals surface area contributed by atoms with Crippen LogP contribution in [-0.2, 0) is 45.8 Å². The molecular weight excluding hydrogens is 528 g/mol. The zero-order valence-corrected chi connectivity index (χ0v) is 22.0. The molecule has 2 aliphatic heterocycles. The number of aliphatic hydroxyl groups is 3. The second-order valence-electron chi connectivity index (χ2n) is 8.21. The molecule has 0 radical (unpaired) electrons. The van der Waals surface area contributed by atoms with Crippen molar-refractivity contribution in [2.45, 2.75) is 56.9 Å². The van der Waals surface area contributed by atoms with E-state index in [1.165, 1.54) is 13.1 Å². The first-order valence-electron chi connectivity index (χ1n) is 10.9. The van der Waals surface area contributed by atoms with Gasteiger partial charge in [-0.05, 0) is 0 Å². The first-order chi connectivity index (χ1) is 16.8. The van der Waals surface area contributed by atoms with Crippen molar-refractivity contribution in [3.63, 3.8) is 0 Å². The quantitative estimate of drug-likeness (QED) is 0.115. The van der Waals surface area contributed by atoms with Crippen molar-refractivity contribution in [2.24, 2.45) is 23.3 Å². The molecule has 16 nitrogen and oxygen atoms in total. The zero-order valence-electron chi connectivity index (χ0n) is 20.2. The van der Waals surface area contributed by atoms with Gasteiger partial charge in [0.2, 0.25) is 5.91 Å². The highest BCUT2D eigenvalue weighted by Crippen LogP contribution is 2.66. The van der Waals surface area contributed by atoms with Crippen LogP contribution in [0.1, 0.15) is 13.8 Å². The Morgan fingerprint density at radius 1 is 1.00 bits per heavy atom. The Morgan fingerprint density at radius 2 is 1.64 bits per heavy atom. The van der Waals surface area contributed by atoms with E-state index in [1.807, 2.05) is 0 Å². The van der Waals surface area contributed by atoms with Gasteiger partial charge in [0.15, 0.2) is 12.5 Å². The SMILES string of the molecule is CO[P@@](=O)(OC[C@H]1O[C@@H](N/C=C\C(N)=O)C(O)C1C)O[P@](=O)(OC)O[C@H]1OC(CN)[C@@H](O)C(O)[C@@H]1C. The number of nitrogens with one attached hydrogen (secondary N) is 1. The van der Waals surface area contributed by atoms with Crippen LogP contribution < -0.4 is 16.8 Å². The molecule has 0 aromatic heterocycles. The van der Waals surface area contributed by atoms with Gasteiger partial charge in [-0.1, -0.05) is 13.8 Å². The number of phosphoric acid groups is 2. The summed E-state index contributed by atoms with van der Waals surface area (Å²) in [4.78, 5) is 10.8. The van der Waals surface area contributed by atoms with Crippen LogP contribution in [0.5, 0.6) is 0 Å². The second-order valence-corrected chi connectivity index (χ2v) is 11.8. The molecule has 0 spiro atoms. The number of nitrogens with two attached hydrogens (primary N) is 2. The normalized spacial score (nSPS) is 38.5. The van der Waals surface area contributed by atoms with Crippen molar-refractivity contribution in [1.29, 1.82) is 0 Å². The minimum Gasteiger partial charge on any atom is -0.390 e. The topological polar surface area (TPSA) is 241 Å². The number of hydrogen-bond acceptors (Lipinski definition) is 15. The molecule has 36 heavy (non-hydrogen) atoms. The number of carbonyl (C=O) groups excluding carboxylic acids is 1. The molecular formula is C18H35N3O13P2. The first kappa shape index (κ1) is 31.2. The summed E-state index contributed by atoms with van der Waals surface area (Å²) in [5.74, 6) is -2.14. The molecule has 18 heteroatoms. The number of aliphatic hydroxyl groups excluding tert-OH is 3. The number of amides is 1. The number of phosphoric ester groups is 2.